The summed E-state index contributed by atoms with van der Waals surface area (Å²) in [6.45, 7) is 6.82. The Morgan fingerprint density at radius 2 is 2.31 bits per heavy atom. The largest absolute Gasteiger partial charge is 0.394 e. The van der Waals surface area contributed by atoms with Crippen molar-refractivity contribution in [1.29, 1.82) is 0 Å². The Morgan fingerprint density at radius 3 is 3.00 bits per heavy atom. The number of likely N-dealkylation sites (tertiary alicyclic amines) is 1. The Kier molecular flexibility index (Phi) is 6.96. The molecule has 96 valence electrons. The fourth-order valence-electron chi connectivity index (χ4n) is 2.31. The van der Waals surface area contributed by atoms with Gasteiger partial charge in [-0.15, -0.1) is 0 Å². The topological polar surface area (TPSA) is 44.7 Å². The van der Waals surface area contributed by atoms with E-state index in [4.69, 9.17) is 9.84 Å². The van der Waals surface area contributed by atoms with Gasteiger partial charge in [-0.1, -0.05) is 0 Å². The lowest BCUT2D eigenvalue weighted by Crippen LogP contribution is -2.43. The molecule has 0 spiro atoms. The van der Waals surface area contributed by atoms with E-state index in [9.17, 15) is 0 Å². The Bertz CT molecular complexity index is 178. The number of aliphatic hydroxyl groups is 1. The molecule has 0 aromatic heterocycles. The molecule has 0 radical (unpaired) electrons. The van der Waals surface area contributed by atoms with Gasteiger partial charge in [0.15, 0.2) is 0 Å². The molecule has 2 N–H and O–H groups in total. The van der Waals surface area contributed by atoms with E-state index in [1.165, 1.54) is 25.9 Å². The van der Waals surface area contributed by atoms with Crippen molar-refractivity contribution < 1.29 is 9.84 Å². The molecule has 1 aliphatic rings. The van der Waals surface area contributed by atoms with E-state index < -0.39 is 0 Å². The quantitative estimate of drug-likeness (QED) is 0.618. The summed E-state index contributed by atoms with van der Waals surface area (Å²) in [6, 6.07) is 0.556. The van der Waals surface area contributed by atoms with Crippen LogP contribution >= 0.6 is 0 Å². The van der Waals surface area contributed by atoms with E-state index >= 15 is 0 Å². The lowest BCUT2D eigenvalue weighted by atomic mass is 9.92. The normalized spacial score (nSPS) is 24.6. The van der Waals surface area contributed by atoms with Crippen LogP contribution in [0.1, 0.15) is 19.8 Å². The van der Waals surface area contributed by atoms with Gasteiger partial charge in [-0.2, -0.15) is 0 Å². The molecule has 1 aliphatic heterocycles. The monoisotopic (exact) mass is 230 g/mol. The molecule has 2 unspecified atom stereocenters. The van der Waals surface area contributed by atoms with Gasteiger partial charge in [0, 0.05) is 19.1 Å². The second-order valence-corrected chi connectivity index (χ2v) is 4.74. The number of aliphatic hydroxyl groups excluding tert-OH is 1. The molecule has 1 heterocycles. The van der Waals surface area contributed by atoms with E-state index in [1.807, 2.05) is 0 Å². The highest BCUT2D eigenvalue weighted by atomic mass is 16.5. The maximum atomic E-state index is 8.56. The average molecular weight is 230 g/mol. The van der Waals surface area contributed by atoms with Gasteiger partial charge in [-0.3, -0.25) is 0 Å². The highest BCUT2D eigenvalue weighted by molar-refractivity contribution is 4.78. The summed E-state index contributed by atoms with van der Waals surface area (Å²) >= 11 is 0. The molecule has 1 saturated heterocycles. The molecule has 4 nitrogen and oxygen atoms in total. The number of hydrogen-bond acceptors (Lipinski definition) is 4. The van der Waals surface area contributed by atoms with E-state index in [-0.39, 0.29) is 6.61 Å². The average Bonchev–Trinajstić information content (AvgIpc) is 2.28. The van der Waals surface area contributed by atoms with Crippen LogP contribution in [0.25, 0.3) is 0 Å². The van der Waals surface area contributed by atoms with Crippen molar-refractivity contribution >= 4 is 0 Å². The van der Waals surface area contributed by atoms with Gasteiger partial charge >= 0.3 is 0 Å². The number of rotatable bonds is 7. The van der Waals surface area contributed by atoms with Crippen molar-refractivity contribution in [2.45, 2.75) is 25.8 Å². The predicted molar refractivity (Wildman–Crippen MR) is 65.6 cm³/mol. The van der Waals surface area contributed by atoms with E-state index in [0.29, 0.717) is 19.3 Å². The lowest BCUT2D eigenvalue weighted by molar-refractivity contribution is 0.0897. The van der Waals surface area contributed by atoms with Crippen LogP contribution in [-0.4, -0.2) is 62.6 Å². The van der Waals surface area contributed by atoms with Crippen molar-refractivity contribution in [3.8, 4) is 0 Å². The van der Waals surface area contributed by atoms with E-state index in [1.54, 1.807) is 0 Å². The van der Waals surface area contributed by atoms with Crippen LogP contribution in [0.2, 0.25) is 0 Å². The molecule has 16 heavy (non-hydrogen) atoms. The number of nitrogens with one attached hydrogen (secondary N) is 1. The third-order valence-electron chi connectivity index (χ3n) is 3.32. The molecule has 0 aromatic carbocycles. The van der Waals surface area contributed by atoms with Gasteiger partial charge in [-0.05, 0) is 39.3 Å². The fraction of sp³-hybridized carbons (Fsp3) is 1.00. The number of hydrogen-bond donors (Lipinski definition) is 2. The van der Waals surface area contributed by atoms with Crippen molar-refractivity contribution in [3.63, 3.8) is 0 Å². The van der Waals surface area contributed by atoms with Gasteiger partial charge in [0.25, 0.3) is 0 Å². The first kappa shape index (κ1) is 13.9. The Morgan fingerprint density at radius 1 is 1.50 bits per heavy atom. The summed E-state index contributed by atoms with van der Waals surface area (Å²) in [5.74, 6) is 0.761. The van der Waals surface area contributed by atoms with Gasteiger partial charge < -0.3 is 20.1 Å². The zero-order chi connectivity index (χ0) is 11.8. The van der Waals surface area contributed by atoms with Crippen molar-refractivity contribution in [2.24, 2.45) is 5.92 Å². The maximum absolute atomic E-state index is 8.56. The van der Waals surface area contributed by atoms with Crippen LogP contribution in [0.5, 0.6) is 0 Å². The Hall–Kier alpha value is -0.160. The third-order valence-corrected chi connectivity index (χ3v) is 3.32. The smallest absolute Gasteiger partial charge is 0.0698 e. The molecule has 0 bridgehead atoms. The molecular weight excluding hydrogens is 204 g/mol. The zero-order valence-corrected chi connectivity index (χ0v) is 10.6. The van der Waals surface area contributed by atoms with E-state index in [2.05, 4.69) is 24.2 Å². The van der Waals surface area contributed by atoms with Crippen molar-refractivity contribution in [3.05, 3.63) is 0 Å². The van der Waals surface area contributed by atoms with Gasteiger partial charge in [0.1, 0.15) is 0 Å². The van der Waals surface area contributed by atoms with Gasteiger partial charge in [0.05, 0.1) is 19.8 Å². The first-order valence-electron chi connectivity index (χ1n) is 6.34. The molecule has 0 amide bonds. The molecule has 1 fully saturated rings. The molecule has 1 rings (SSSR count). The van der Waals surface area contributed by atoms with Crippen molar-refractivity contribution in [1.82, 2.24) is 10.2 Å². The van der Waals surface area contributed by atoms with Crippen molar-refractivity contribution in [2.75, 3.05) is 46.5 Å². The summed E-state index contributed by atoms with van der Waals surface area (Å²) < 4.78 is 5.22. The Balaban J connectivity index is 2.06. The third kappa shape index (κ3) is 5.25. The number of nitrogens with zero attached hydrogens (tertiary/aromatic N) is 1. The second kappa shape index (κ2) is 8.01. The van der Waals surface area contributed by atoms with Crippen LogP contribution in [0.15, 0.2) is 0 Å². The van der Waals surface area contributed by atoms with Crippen LogP contribution < -0.4 is 5.32 Å². The number of piperidine rings is 1. The minimum atomic E-state index is 0.114. The van der Waals surface area contributed by atoms with Crippen LogP contribution in [-0.2, 0) is 4.74 Å². The van der Waals surface area contributed by atoms with Crippen LogP contribution in [0.4, 0.5) is 0 Å². The first-order chi connectivity index (χ1) is 7.74. The summed E-state index contributed by atoms with van der Waals surface area (Å²) in [7, 11) is 2.20. The predicted octanol–water partition coefficient (Wildman–Crippen LogP) is 0.315. The zero-order valence-electron chi connectivity index (χ0n) is 10.6. The molecule has 2 atom stereocenters. The minimum Gasteiger partial charge on any atom is -0.394 e. The van der Waals surface area contributed by atoms with Gasteiger partial charge in [0.2, 0.25) is 0 Å². The molecule has 0 aromatic rings. The van der Waals surface area contributed by atoms with Crippen LogP contribution in [0.3, 0.4) is 0 Å². The van der Waals surface area contributed by atoms with Gasteiger partial charge in [-0.25, -0.2) is 0 Å². The SMILES string of the molecule is CC(NCCOCCO)C1CCCN(C)C1. The molecule has 4 heteroatoms. The first-order valence-corrected chi connectivity index (χ1v) is 6.34. The summed E-state index contributed by atoms with van der Waals surface area (Å²) in [5.41, 5.74) is 0. The van der Waals surface area contributed by atoms with Crippen LogP contribution in [0, 0.1) is 5.92 Å². The highest BCUT2D eigenvalue weighted by Crippen LogP contribution is 2.18. The lowest BCUT2D eigenvalue weighted by Gasteiger charge is -2.34. The van der Waals surface area contributed by atoms with E-state index in [0.717, 1.165) is 12.5 Å². The molecule has 0 saturated carbocycles. The highest BCUT2D eigenvalue weighted by Gasteiger charge is 2.21. The fourth-order valence-corrected chi connectivity index (χ4v) is 2.31. The standard InChI is InChI=1S/C12H26N2O2/c1-11(13-5-8-16-9-7-15)12-4-3-6-14(2)10-12/h11-13,15H,3-10H2,1-2H3. The summed E-state index contributed by atoms with van der Waals surface area (Å²) in [5, 5.41) is 12.1. The second-order valence-electron chi connectivity index (χ2n) is 4.74. The minimum absolute atomic E-state index is 0.114. The maximum Gasteiger partial charge on any atom is 0.0698 e. The molecular formula is C12H26N2O2. The Labute approximate surface area is 99.0 Å². The summed E-state index contributed by atoms with van der Waals surface area (Å²) in [6.07, 6.45) is 2.64. The number of ether oxygens (including phenoxy) is 1. The molecule has 0 aliphatic carbocycles. The summed E-state index contributed by atoms with van der Waals surface area (Å²) in [4.78, 5) is 2.41.